The van der Waals surface area contributed by atoms with E-state index < -0.39 is 5.82 Å². The number of rotatable bonds is 4. The van der Waals surface area contributed by atoms with Crippen molar-refractivity contribution in [1.82, 2.24) is 5.32 Å². The van der Waals surface area contributed by atoms with Gasteiger partial charge in [-0.3, -0.25) is 0 Å². The molecule has 0 spiro atoms. The van der Waals surface area contributed by atoms with Gasteiger partial charge >= 0.3 is 0 Å². The molecule has 0 amide bonds. The lowest BCUT2D eigenvalue weighted by Crippen LogP contribution is -2.07. The van der Waals surface area contributed by atoms with E-state index in [1.165, 1.54) is 6.07 Å². The first kappa shape index (κ1) is 14.1. The molecular weight excluding hydrogens is 288 g/mol. The fraction of sp³-hybridized carbons (Fsp3) is 0.143. The number of hydrogen-bond acceptors (Lipinski definition) is 2. The molecule has 0 saturated heterocycles. The van der Waals surface area contributed by atoms with Crippen LogP contribution in [0.25, 0.3) is 0 Å². The van der Waals surface area contributed by atoms with E-state index in [1.54, 1.807) is 37.4 Å². The average molecular weight is 300 g/mol. The predicted octanol–water partition coefficient (Wildman–Crippen LogP) is 4.64. The zero-order valence-electron chi connectivity index (χ0n) is 10.2. The highest BCUT2D eigenvalue weighted by Gasteiger charge is 2.12. The molecule has 0 bridgehead atoms. The van der Waals surface area contributed by atoms with Crippen LogP contribution in [0, 0.1) is 5.82 Å². The zero-order chi connectivity index (χ0) is 13.8. The Balaban J connectivity index is 2.39. The first-order valence-electron chi connectivity index (χ1n) is 5.66. The largest absolute Gasteiger partial charge is 0.452 e. The smallest absolute Gasteiger partial charge is 0.167 e. The van der Waals surface area contributed by atoms with E-state index in [2.05, 4.69) is 5.32 Å². The monoisotopic (exact) mass is 299 g/mol. The molecule has 19 heavy (non-hydrogen) atoms. The van der Waals surface area contributed by atoms with Crippen LogP contribution in [0.1, 0.15) is 5.56 Å². The summed E-state index contributed by atoms with van der Waals surface area (Å²) in [4.78, 5) is 0. The summed E-state index contributed by atoms with van der Waals surface area (Å²) in [6.45, 7) is 0.491. The second kappa shape index (κ2) is 6.24. The molecule has 2 aromatic rings. The number of benzene rings is 2. The lowest BCUT2D eigenvalue weighted by molar-refractivity contribution is 0.435. The highest BCUT2D eigenvalue weighted by molar-refractivity contribution is 6.34. The van der Waals surface area contributed by atoms with E-state index in [4.69, 9.17) is 27.9 Å². The van der Waals surface area contributed by atoms with Crippen LogP contribution in [0.4, 0.5) is 4.39 Å². The third-order valence-electron chi connectivity index (χ3n) is 2.52. The van der Waals surface area contributed by atoms with Gasteiger partial charge < -0.3 is 10.1 Å². The molecule has 0 heterocycles. The van der Waals surface area contributed by atoms with Crippen LogP contribution in [-0.2, 0) is 6.54 Å². The Morgan fingerprint density at radius 1 is 1.21 bits per heavy atom. The van der Waals surface area contributed by atoms with E-state index in [0.717, 1.165) is 0 Å². The molecule has 2 nitrogen and oxygen atoms in total. The maximum absolute atomic E-state index is 13.9. The van der Waals surface area contributed by atoms with Crippen molar-refractivity contribution in [2.45, 2.75) is 6.54 Å². The number of hydrogen-bond donors (Lipinski definition) is 1. The molecule has 0 saturated carbocycles. The van der Waals surface area contributed by atoms with Crippen molar-refractivity contribution < 1.29 is 9.13 Å². The summed E-state index contributed by atoms with van der Waals surface area (Å²) in [5.74, 6) is 0.0430. The van der Waals surface area contributed by atoms with Crippen LogP contribution >= 0.6 is 23.2 Å². The summed E-state index contributed by atoms with van der Waals surface area (Å²) >= 11 is 11.9. The third-order valence-corrected chi connectivity index (χ3v) is 3.07. The summed E-state index contributed by atoms with van der Waals surface area (Å²) in [5, 5.41) is 3.81. The molecule has 0 unspecified atom stereocenters. The van der Waals surface area contributed by atoms with Crippen LogP contribution in [0.2, 0.25) is 10.0 Å². The SMILES string of the molecule is CNCc1cccc(F)c1Oc1cc(Cl)ccc1Cl. The second-order valence-electron chi connectivity index (χ2n) is 3.94. The highest BCUT2D eigenvalue weighted by Crippen LogP contribution is 2.34. The van der Waals surface area contributed by atoms with E-state index in [-0.39, 0.29) is 5.75 Å². The van der Waals surface area contributed by atoms with Gasteiger partial charge in [-0.25, -0.2) is 4.39 Å². The zero-order valence-corrected chi connectivity index (χ0v) is 11.7. The van der Waals surface area contributed by atoms with Gasteiger partial charge in [0.15, 0.2) is 11.6 Å². The van der Waals surface area contributed by atoms with Crippen molar-refractivity contribution in [2.24, 2.45) is 0 Å². The van der Waals surface area contributed by atoms with Crippen LogP contribution in [0.3, 0.4) is 0 Å². The van der Waals surface area contributed by atoms with Crippen molar-refractivity contribution >= 4 is 23.2 Å². The van der Waals surface area contributed by atoms with E-state index >= 15 is 0 Å². The number of nitrogens with one attached hydrogen (secondary N) is 1. The van der Waals surface area contributed by atoms with Crippen LogP contribution in [0.15, 0.2) is 36.4 Å². The highest BCUT2D eigenvalue weighted by atomic mass is 35.5. The minimum atomic E-state index is -0.441. The van der Waals surface area contributed by atoms with Crippen LogP contribution in [0.5, 0.6) is 11.5 Å². The van der Waals surface area contributed by atoms with Gasteiger partial charge in [-0.1, -0.05) is 35.3 Å². The maximum atomic E-state index is 13.9. The number of halogens is 3. The number of ether oxygens (including phenoxy) is 1. The summed E-state index contributed by atoms with van der Waals surface area (Å²) < 4.78 is 19.4. The minimum Gasteiger partial charge on any atom is -0.452 e. The van der Waals surface area contributed by atoms with Crippen molar-refractivity contribution in [1.29, 1.82) is 0 Å². The average Bonchev–Trinajstić information content (AvgIpc) is 2.38. The van der Waals surface area contributed by atoms with Crippen molar-refractivity contribution in [3.8, 4) is 11.5 Å². The Kier molecular flexibility index (Phi) is 4.64. The first-order valence-corrected chi connectivity index (χ1v) is 6.42. The van der Waals surface area contributed by atoms with Crippen molar-refractivity contribution in [3.05, 3.63) is 57.8 Å². The summed E-state index contributed by atoms with van der Waals surface area (Å²) in [6, 6.07) is 9.57. The molecule has 2 aromatic carbocycles. The minimum absolute atomic E-state index is 0.154. The molecule has 1 N–H and O–H groups in total. The van der Waals surface area contributed by atoms with Gasteiger partial charge in [0, 0.05) is 23.2 Å². The van der Waals surface area contributed by atoms with Gasteiger partial charge in [0.1, 0.15) is 5.75 Å². The molecule has 2 rings (SSSR count). The molecule has 0 atom stereocenters. The van der Waals surface area contributed by atoms with Gasteiger partial charge in [-0.2, -0.15) is 0 Å². The Bertz CT molecular complexity index is 590. The third kappa shape index (κ3) is 3.38. The lowest BCUT2D eigenvalue weighted by atomic mass is 10.2. The van der Waals surface area contributed by atoms with Gasteiger partial charge in [0.05, 0.1) is 5.02 Å². The summed E-state index contributed by atoms with van der Waals surface area (Å²) in [5.41, 5.74) is 0.707. The van der Waals surface area contributed by atoms with Crippen LogP contribution in [-0.4, -0.2) is 7.05 Å². The molecule has 0 fully saturated rings. The van der Waals surface area contributed by atoms with Crippen molar-refractivity contribution in [3.63, 3.8) is 0 Å². The summed E-state index contributed by atoms with van der Waals surface area (Å²) in [7, 11) is 1.78. The quantitative estimate of drug-likeness (QED) is 0.888. The van der Waals surface area contributed by atoms with Gasteiger partial charge in [-0.05, 0) is 25.2 Å². The van der Waals surface area contributed by atoms with Crippen molar-refractivity contribution in [2.75, 3.05) is 7.05 Å². The standard InChI is InChI=1S/C14H12Cl2FNO/c1-18-8-9-3-2-4-12(17)14(9)19-13-7-10(15)5-6-11(13)16/h2-7,18H,8H2,1H3. The van der Waals surface area contributed by atoms with Crippen LogP contribution < -0.4 is 10.1 Å². The molecule has 5 heteroatoms. The number of para-hydroxylation sites is 1. The predicted molar refractivity (Wildman–Crippen MR) is 75.7 cm³/mol. The fourth-order valence-corrected chi connectivity index (χ4v) is 1.98. The van der Waals surface area contributed by atoms with Gasteiger partial charge in [0.2, 0.25) is 0 Å². The van der Waals surface area contributed by atoms with Gasteiger partial charge in [-0.15, -0.1) is 0 Å². The topological polar surface area (TPSA) is 21.3 Å². The lowest BCUT2D eigenvalue weighted by Gasteiger charge is -2.13. The maximum Gasteiger partial charge on any atom is 0.167 e. The first-order chi connectivity index (χ1) is 9.11. The Morgan fingerprint density at radius 3 is 2.74 bits per heavy atom. The normalized spacial score (nSPS) is 10.5. The Hall–Kier alpha value is -1.29. The molecular formula is C14H12Cl2FNO. The second-order valence-corrected chi connectivity index (χ2v) is 4.78. The molecule has 0 aliphatic carbocycles. The molecule has 0 aliphatic heterocycles. The molecule has 100 valence electrons. The fourth-order valence-electron chi connectivity index (χ4n) is 1.66. The van der Waals surface area contributed by atoms with E-state index in [1.807, 2.05) is 0 Å². The summed E-state index contributed by atoms with van der Waals surface area (Å²) in [6.07, 6.45) is 0. The van der Waals surface area contributed by atoms with E-state index in [0.29, 0.717) is 27.9 Å². The molecule has 0 aromatic heterocycles. The van der Waals surface area contributed by atoms with E-state index in [9.17, 15) is 4.39 Å². The molecule has 0 aliphatic rings. The van der Waals surface area contributed by atoms with Gasteiger partial charge in [0.25, 0.3) is 0 Å². The molecule has 0 radical (unpaired) electrons. The Morgan fingerprint density at radius 2 is 2.00 bits per heavy atom. The Labute approximate surface area is 121 Å².